The van der Waals surface area contributed by atoms with Gasteiger partial charge < -0.3 is 5.73 Å². The average molecular weight is 327 g/mol. The van der Waals surface area contributed by atoms with Crippen molar-refractivity contribution in [3.8, 4) is 0 Å². The van der Waals surface area contributed by atoms with Crippen molar-refractivity contribution in [2.45, 2.75) is 39.2 Å². The van der Waals surface area contributed by atoms with Crippen molar-refractivity contribution in [3.63, 3.8) is 0 Å². The minimum atomic E-state index is -4.17. The predicted molar refractivity (Wildman–Crippen MR) is 77.8 cm³/mol. The van der Waals surface area contributed by atoms with Crippen molar-refractivity contribution < 1.29 is 31.7 Å². The summed E-state index contributed by atoms with van der Waals surface area (Å²) in [6.07, 6.45) is 2.84. The zero-order valence-corrected chi connectivity index (χ0v) is 13.5. The molecular weight excluding hydrogens is 302 g/mol. The first-order chi connectivity index (χ1) is 9.66. The molecule has 0 radical (unpaired) electrons. The molecule has 9 heteroatoms. The maximum atomic E-state index is 11.2. The average Bonchev–Trinajstić information content (AvgIpc) is 2.39. The molecule has 1 fully saturated rings. The smallest absolute Gasteiger partial charge is 0.331 e. The van der Waals surface area contributed by atoms with Gasteiger partial charge in [-0.2, -0.15) is 8.42 Å². The summed E-state index contributed by atoms with van der Waals surface area (Å²) in [5, 5.41) is 0. The molecule has 8 nitrogen and oxygen atoms in total. The van der Waals surface area contributed by atoms with E-state index < -0.39 is 16.0 Å². The number of hydrogen-bond donors (Lipinski definition) is 2. The van der Waals surface area contributed by atoms with Crippen molar-refractivity contribution in [1.82, 2.24) is 0 Å². The van der Waals surface area contributed by atoms with E-state index in [0.717, 1.165) is 13.0 Å². The molecule has 0 aromatic rings. The van der Waals surface area contributed by atoms with Gasteiger partial charge in [0, 0.05) is 0 Å². The van der Waals surface area contributed by atoms with E-state index in [4.69, 9.17) is 20.1 Å². The Morgan fingerprint density at radius 3 is 2.29 bits per heavy atom. The highest BCUT2D eigenvalue weighted by molar-refractivity contribution is 7.80. The van der Waals surface area contributed by atoms with Crippen LogP contribution in [0.3, 0.4) is 0 Å². The number of rotatable bonds is 4. The fraction of sp³-hybridized carbons (Fsp3) is 0.750. The summed E-state index contributed by atoms with van der Waals surface area (Å²) < 4.78 is 30.7. The van der Waals surface area contributed by atoms with E-state index in [9.17, 15) is 13.2 Å². The van der Waals surface area contributed by atoms with E-state index in [1.165, 1.54) is 13.0 Å². The van der Waals surface area contributed by atoms with Gasteiger partial charge in [0.2, 0.25) is 0 Å². The van der Waals surface area contributed by atoms with Gasteiger partial charge in [-0.25, -0.2) is 14.0 Å². The molecule has 1 aliphatic rings. The summed E-state index contributed by atoms with van der Waals surface area (Å²) >= 11 is 0. The van der Waals surface area contributed by atoms with Crippen LogP contribution in [-0.4, -0.2) is 44.1 Å². The van der Waals surface area contributed by atoms with E-state index in [0.29, 0.717) is 13.0 Å². The van der Waals surface area contributed by atoms with Gasteiger partial charge in [-0.3, -0.25) is 9.35 Å². The van der Waals surface area contributed by atoms with Crippen molar-refractivity contribution in [2.24, 2.45) is 5.73 Å². The number of nitrogens with two attached hydrogens (primary N) is 1. The van der Waals surface area contributed by atoms with E-state index in [2.05, 4.69) is 10.8 Å². The van der Waals surface area contributed by atoms with Crippen LogP contribution in [0.15, 0.2) is 12.7 Å². The Kier molecular flexibility index (Phi) is 12.6. The van der Waals surface area contributed by atoms with Crippen LogP contribution in [0, 0.1) is 0 Å². The number of ketones is 1. The molecule has 3 N–H and O–H groups in total. The summed E-state index contributed by atoms with van der Waals surface area (Å²) in [6, 6.07) is 0. The van der Waals surface area contributed by atoms with Gasteiger partial charge in [-0.15, -0.1) is 0 Å². The Hall–Kier alpha value is -0.840. The largest absolute Gasteiger partial charge is 0.397 e. The van der Waals surface area contributed by atoms with Crippen LogP contribution in [-0.2, 0) is 29.2 Å². The molecule has 0 aliphatic carbocycles. The molecule has 0 aromatic heterocycles. The summed E-state index contributed by atoms with van der Waals surface area (Å²) in [5.74, 6) is -0.114. The molecule has 0 amide bonds. The monoisotopic (exact) mass is 327 g/mol. The highest BCUT2D eigenvalue weighted by atomic mass is 32.3. The quantitative estimate of drug-likeness (QED) is 0.445. The summed E-state index contributed by atoms with van der Waals surface area (Å²) in [5.41, 5.74) is 4.06. The van der Waals surface area contributed by atoms with E-state index in [1.54, 1.807) is 6.92 Å². The van der Waals surface area contributed by atoms with E-state index >= 15 is 0 Å². The van der Waals surface area contributed by atoms with Crippen LogP contribution < -0.4 is 5.73 Å². The van der Waals surface area contributed by atoms with Gasteiger partial charge in [0.1, 0.15) is 0 Å². The van der Waals surface area contributed by atoms with Crippen LogP contribution in [0.2, 0.25) is 0 Å². The second-order valence-corrected chi connectivity index (χ2v) is 5.14. The third kappa shape index (κ3) is 12.6. The van der Waals surface area contributed by atoms with E-state index in [-0.39, 0.29) is 12.4 Å². The van der Waals surface area contributed by atoms with Crippen molar-refractivity contribution in [1.29, 1.82) is 0 Å². The number of carbonyl (C=O) groups excluding carboxylic acids is 1. The van der Waals surface area contributed by atoms with Gasteiger partial charge in [0.05, 0.1) is 13.2 Å². The van der Waals surface area contributed by atoms with Crippen LogP contribution in [0.4, 0.5) is 0 Å². The third-order valence-corrected chi connectivity index (χ3v) is 2.63. The first kappa shape index (κ1) is 22.4. The zero-order chi connectivity index (χ0) is 16.9. The van der Waals surface area contributed by atoms with Crippen LogP contribution in [0.1, 0.15) is 33.6 Å². The third-order valence-electron chi connectivity index (χ3n) is 2.10. The number of hydrogen-bond acceptors (Lipinski definition) is 7. The van der Waals surface area contributed by atoms with Gasteiger partial charge >= 0.3 is 10.4 Å². The molecule has 0 aromatic carbocycles. The normalized spacial score (nSPS) is 21.2. The van der Waals surface area contributed by atoms with Crippen molar-refractivity contribution in [2.75, 3.05) is 19.8 Å². The Labute approximate surface area is 126 Å². The maximum absolute atomic E-state index is 11.2. The van der Waals surface area contributed by atoms with Gasteiger partial charge in [0.25, 0.3) is 0 Å². The maximum Gasteiger partial charge on any atom is 0.397 e. The fourth-order valence-corrected chi connectivity index (χ4v) is 1.51. The summed E-state index contributed by atoms with van der Waals surface area (Å²) in [7, 11) is -4.17. The van der Waals surface area contributed by atoms with Crippen LogP contribution >= 0.6 is 0 Å². The standard InChI is InChI=1S/C8H12O3.C2H7N.C2H6O4S/c1-3-7(9)8(2)5-4-6-10-11-8;1-2-3;1-2-6-7(3,4)5/h3H,1,4-6H2,2H3;2-3H2,1H3;2H2,1H3,(H,3,4,5). The summed E-state index contributed by atoms with van der Waals surface area (Å²) in [4.78, 5) is 20.8. The molecule has 1 atom stereocenters. The molecule has 1 unspecified atom stereocenters. The van der Waals surface area contributed by atoms with Crippen molar-refractivity contribution >= 4 is 16.2 Å². The lowest BCUT2D eigenvalue weighted by Gasteiger charge is -2.29. The molecule has 1 aliphatic heterocycles. The minimum Gasteiger partial charge on any atom is -0.331 e. The Morgan fingerprint density at radius 1 is 1.52 bits per heavy atom. The lowest BCUT2D eigenvalue weighted by atomic mass is 9.94. The molecule has 1 rings (SSSR count). The molecule has 1 saturated heterocycles. The first-order valence-electron chi connectivity index (χ1n) is 6.46. The van der Waals surface area contributed by atoms with Gasteiger partial charge in [0.15, 0.2) is 11.4 Å². The first-order valence-corrected chi connectivity index (χ1v) is 7.82. The van der Waals surface area contributed by atoms with E-state index in [1.807, 2.05) is 6.92 Å². The Balaban J connectivity index is 0. The topological polar surface area (TPSA) is 125 Å². The second kappa shape index (κ2) is 11.8. The second-order valence-electron chi connectivity index (χ2n) is 4.05. The fourth-order valence-electron chi connectivity index (χ4n) is 1.21. The highest BCUT2D eigenvalue weighted by Crippen LogP contribution is 2.23. The summed E-state index contributed by atoms with van der Waals surface area (Å²) in [6.45, 7) is 9.77. The molecule has 126 valence electrons. The Morgan fingerprint density at radius 2 is 2.05 bits per heavy atom. The lowest BCUT2D eigenvalue weighted by Crippen LogP contribution is -2.40. The molecular formula is C12H25NO7S. The lowest BCUT2D eigenvalue weighted by molar-refractivity contribution is -0.365. The molecule has 0 saturated carbocycles. The molecule has 21 heavy (non-hydrogen) atoms. The number of carbonyl (C=O) groups is 1. The molecule has 1 heterocycles. The zero-order valence-electron chi connectivity index (χ0n) is 12.7. The highest BCUT2D eigenvalue weighted by Gasteiger charge is 2.35. The minimum absolute atomic E-state index is 0.0289. The van der Waals surface area contributed by atoms with Crippen LogP contribution in [0.25, 0.3) is 0 Å². The molecule has 0 spiro atoms. The molecule has 0 bridgehead atoms. The van der Waals surface area contributed by atoms with Crippen molar-refractivity contribution in [3.05, 3.63) is 12.7 Å². The predicted octanol–water partition coefficient (Wildman–Crippen LogP) is 1.03. The Bertz CT molecular complexity index is 388. The van der Waals surface area contributed by atoms with Gasteiger partial charge in [-0.1, -0.05) is 13.5 Å². The SMILES string of the molecule is C=CC(=O)C1(C)CCCOO1.CCN.CCOS(=O)(=O)O. The van der Waals surface area contributed by atoms with Crippen LogP contribution in [0.5, 0.6) is 0 Å². The van der Waals surface area contributed by atoms with Gasteiger partial charge in [-0.05, 0) is 39.3 Å².